The van der Waals surface area contributed by atoms with Gasteiger partial charge in [0.25, 0.3) is 0 Å². The van der Waals surface area contributed by atoms with Crippen LogP contribution in [0.5, 0.6) is 0 Å². The molecule has 1 N–H and O–H groups in total. The fraction of sp³-hybridized carbons (Fsp3) is 0.389. The van der Waals surface area contributed by atoms with E-state index in [-0.39, 0.29) is 17.2 Å². The first-order chi connectivity index (χ1) is 12.1. The second-order valence-corrected chi connectivity index (χ2v) is 7.99. The first-order valence-corrected chi connectivity index (χ1v) is 9.93. The summed E-state index contributed by atoms with van der Waals surface area (Å²) in [5.74, 6) is 0.488. The highest BCUT2D eigenvalue weighted by molar-refractivity contribution is 7.89. The van der Waals surface area contributed by atoms with Crippen LogP contribution in [0.4, 0.5) is 5.69 Å². The predicted molar refractivity (Wildman–Crippen MR) is 94.7 cm³/mol. The molecule has 1 aromatic carbocycles. The Bertz CT molecular complexity index is 809. The van der Waals surface area contributed by atoms with Gasteiger partial charge in [-0.15, -0.1) is 0 Å². The average Bonchev–Trinajstić information content (AvgIpc) is 3.15. The molecular weight excluding hydrogens is 340 g/mol. The fourth-order valence-corrected chi connectivity index (χ4v) is 4.61. The maximum Gasteiger partial charge on any atom is 0.245 e. The summed E-state index contributed by atoms with van der Waals surface area (Å²) in [5, 5.41) is 2.73. The van der Waals surface area contributed by atoms with Crippen LogP contribution in [0.2, 0.25) is 0 Å². The van der Waals surface area contributed by atoms with E-state index in [4.69, 9.17) is 4.42 Å². The van der Waals surface area contributed by atoms with Crippen LogP contribution in [0.25, 0.3) is 0 Å². The summed E-state index contributed by atoms with van der Waals surface area (Å²) < 4.78 is 32.5. The second kappa shape index (κ2) is 7.84. The molecule has 1 aliphatic rings. The Hall–Kier alpha value is -2.12. The van der Waals surface area contributed by atoms with E-state index in [9.17, 15) is 13.2 Å². The van der Waals surface area contributed by atoms with Crippen molar-refractivity contribution >= 4 is 21.6 Å². The Morgan fingerprint density at radius 2 is 1.84 bits per heavy atom. The normalized spacial score (nSPS) is 15.8. The third kappa shape index (κ3) is 4.29. The van der Waals surface area contributed by atoms with Crippen molar-refractivity contribution in [2.75, 3.05) is 18.4 Å². The molecule has 1 fully saturated rings. The summed E-state index contributed by atoms with van der Waals surface area (Å²) in [7, 11) is -3.60. The summed E-state index contributed by atoms with van der Waals surface area (Å²) in [4.78, 5) is 12.4. The van der Waals surface area contributed by atoms with E-state index >= 15 is 0 Å². The largest absolute Gasteiger partial charge is 0.469 e. The van der Waals surface area contributed by atoms with Crippen LogP contribution < -0.4 is 5.32 Å². The van der Waals surface area contributed by atoms with Gasteiger partial charge in [0, 0.05) is 25.9 Å². The van der Waals surface area contributed by atoms with Crippen molar-refractivity contribution in [1.29, 1.82) is 0 Å². The molecule has 0 spiro atoms. The van der Waals surface area contributed by atoms with Gasteiger partial charge in [0.05, 0.1) is 12.0 Å². The van der Waals surface area contributed by atoms with Gasteiger partial charge in [-0.2, -0.15) is 4.31 Å². The van der Waals surface area contributed by atoms with Gasteiger partial charge in [-0.25, -0.2) is 8.42 Å². The number of rotatable bonds is 6. The third-order valence-corrected chi connectivity index (χ3v) is 6.23. The minimum Gasteiger partial charge on any atom is -0.469 e. The molecule has 0 bridgehead atoms. The number of sulfonamides is 1. The number of hydrogen-bond acceptors (Lipinski definition) is 4. The lowest BCUT2D eigenvalue weighted by atomic mass is 10.2. The van der Waals surface area contributed by atoms with E-state index < -0.39 is 10.0 Å². The zero-order chi connectivity index (χ0) is 17.7. The number of anilines is 1. The number of nitrogens with one attached hydrogen (secondary N) is 1. The molecule has 134 valence electrons. The standard InChI is InChI=1S/C18H22N2O4S/c21-18(11-10-15-7-6-14-24-15)19-16-8-2-3-9-17(16)25(22,23)20-12-4-1-5-13-20/h2-3,6-9,14H,1,4-5,10-13H2,(H,19,21). The first-order valence-electron chi connectivity index (χ1n) is 8.49. The number of amides is 1. The van der Waals surface area contributed by atoms with Gasteiger partial charge in [-0.1, -0.05) is 18.6 Å². The van der Waals surface area contributed by atoms with Gasteiger partial charge in [0.1, 0.15) is 10.7 Å². The number of nitrogens with zero attached hydrogens (tertiary/aromatic N) is 1. The highest BCUT2D eigenvalue weighted by atomic mass is 32.2. The Balaban J connectivity index is 1.73. The minimum atomic E-state index is -3.60. The summed E-state index contributed by atoms with van der Waals surface area (Å²) in [6.07, 6.45) is 5.06. The maximum absolute atomic E-state index is 12.9. The molecule has 2 aromatic rings. The van der Waals surface area contributed by atoms with Crippen molar-refractivity contribution in [3.8, 4) is 0 Å². The number of hydrogen-bond donors (Lipinski definition) is 1. The van der Waals surface area contributed by atoms with Gasteiger partial charge in [-0.05, 0) is 37.1 Å². The zero-order valence-corrected chi connectivity index (χ0v) is 14.8. The van der Waals surface area contributed by atoms with Crippen molar-refractivity contribution in [2.45, 2.75) is 37.0 Å². The SMILES string of the molecule is O=C(CCc1ccco1)Nc1ccccc1S(=O)(=O)N1CCCCC1. The molecule has 0 saturated carbocycles. The van der Waals surface area contributed by atoms with Crippen LogP contribution in [-0.2, 0) is 21.2 Å². The van der Waals surface area contributed by atoms with Crippen molar-refractivity contribution in [3.05, 3.63) is 48.4 Å². The topological polar surface area (TPSA) is 79.6 Å². The van der Waals surface area contributed by atoms with Crippen LogP contribution in [-0.4, -0.2) is 31.7 Å². The molecule has 0 radical (unpaired) electrons. The molecule has 1 aliphatic heterocycles. The lowest BCUT2D eigenvalue weighted by Gasteiger charge is -2.26. The third-order valence-electron chi connectivity index (χ3n) is 4.27. The van der Waals surface area contributed by atoms with Crippen LogP contribution in [0.15, 0.2) is 52.0 Å². The summed E-state index contributed by atoms with van der Waals surface area (Å²) in [5.41, 5.74) is 0.331. The van der Waals surface area contributed by atoms with Gasteiger partial charge in [-0.3, -0.25) is 4.79 Å². The fourth-order valence-electron chi connectivity index (χ4n) is 2.94. The van der Waals surface area contributed by atoms with Crippen LogP contribution in [0.3, 0.4) is 0 Å². The van der Waals surface area contributed by atoms with Gasteiger partial charge in [0.15, 0.2) is 0 Å². The van der Waals surface area contributed by atoms with Crippen LogP contribution >= 0.6 is 0 Å². The Kier molecular flexibility index (Phi) is 5.55. The monoisotopic (exact) mass is 362 g/mol. The Labute approximate surface area is 147 Å². The van der Waals surface area contributed by atoms with Gasteiger partial charge >= 0.3 is 0 Å². The number of benzene rings is 1. The first kappa shape index (κ1) is 17.7. The molecule has 0 atom stereocenters. The quantitative estimate of drug-likeness (QED) is 0.857. The number of aryl methyl sites for hydroxylation is 1. The smallest absolute Gasteiger partial charge is 0.245 e. The lowest BCUT2D eigenvalue weighted by Crippen LogP contribution is -2.36. The van der Waals surface area contributed by atoms with E-state index in [2.05, 4.69) is 5.32 Å². The lowest BCUT2D eigenvalue weighted by molar-refractivity contribution is -0.116. The highest BCUT2D eigenvalue weighted by Gasteiger charge is 2.28. The summed E-state index contributed by atoms with van der Waals surface area (Å²) >= 11 is 0. The van der Waals surface area contributed by atoms with E-state index in [1.165, 1.54) is 4.31 Å². The Morgan fingerprint density at radius 1 is 1.08 bits per heavy atom. The van der Waals surface area contributed by atoms with E-state index in [1.54, 1.807) is 36.6 Å². The van der Waals surface area contributed by atoms with Gasteiger partial charge < -0.3 is 9.73 Å². The summed E-state index contributed by atoms with van der Waals surface area (Å²) in [6.45, 7) is 1.06. The molecule has 7 heteroatoms. The molecule has 1 aromatic heterocycles. The Morgan fingerprint density at radius 3 is 2.56 bits per heavy atom. The highest BCUT2D eigenvalue weighted by Crippen LogP contribution is 2.27. The molecule has 3 rings (SSSR count). The maximum atomic E-state index is 12.9. The number of piperidine rings is 1. The van der Waals surface area contributed by atoms with Gasteiger partial charge in [0.2, 0.25) is 15.9 Å². The van der Waals surface area contributed by atoms with Crippen molar-refractivity contribution in [3.63, 3.8) is 0 Å². The van der Waals surface area contributed by atoms with E-state index in [1.807, 2.05) is 6.07 Å². The molecule has 1 amide bonds. The molecule has 2 heterocycles. The zero-order valence-electron chi connectivity index (χ0n) is 14.0. The van der Waals surface area contributed by atoms with Crippen molar-refractivity contribution < 1.29 is 17.6 Å². The molecule has 0 aliphatic carbocycles. The summed E-state index contributed by atoms with van der Waals surface area (Å²) in [6, 6.07) is 10.1. The molecular formula is C18H22N2O4S. The van der Waals surface area contributed by atoms with E-state index in [0.29, 0.717) is 25.2 Å². The number of furan rings is 1. The minimum absolute atomic E-state index is 0.156. The van der Waals surface area contributed by atoms with E-state index in [0.717, 1.165) is 25.0 Å². The van der Waals surface area contributed by atoms with Crippen LogP contribution in [0.1, 0.15) is 31.4 Å². The molecule has 0 unspecified atom stereocenters. The number of carbonyl (C=O) groups is 1. The predicted octanol–water partition coefficient (Wildman–Crippen LogP) is 3.03. The van der Waals surface area contributed by atoms with Crippen LogP contribution in [0, 0.1) is 0 Å². The number of carbonyl (C=O) groups excluding carboxylic acids is 1. The average molecular weight is 362 g/mol. The molecule has 6 nitrogen and oxygen atoms in total. The second-order valence-electron chi connectivity index (χ2n) is 6.09. The van der Waals surface area contributed by atoms with Crippen molar-refractivity contribution in [1.82, 2.24) is 4.31 Å². The molecule has 25 heavy (non-hydrogen) atoms. The number of para-hydroxylation sites is 1. The van der Waals surface area contributed by atoms with Crippen molar-refractivity contribution in [2.24, 2.45) is 0 Å². The molecule has 1 saturated heterocycles.